The molecule has 3 nitrogen and oxygen atoms in total. The van der Waals surface area contributed by atoms with E-state index in [0.717, 1.165) is 30.6 Å². The highest BCUT2D eigenvalue weighted by Crippen LogP contribution is 2.52. The molecule has 0 spiro atoms. The maximum absolute atomic E-state index is 12.8. The molecule has 1 aromatic rings. The van der Waals surface area contributed by atoms with E-state index in [0.29, 0.717) is 16.9 Å². The number of nitrogens with zero attached hydrogens (tertiary/aromatic N) is 1. The Labute approximate surface area is 127 Å². The van der Waals surface area contributed by atoms with Crippen LogP contribution in [0.5, 0.6) is 0 Å². The van der Waals surface area contributed by atoms with E-state index in [4.69, 9.17) is 0 Å². The number of benzene rings is 1. The van der Waals surface area contributed by atoms with Gasteiger partial charge in [0.15, 0.2) is 0 Å². The van der Waals surface area contributed by atoms with Gasteiger partial charge in [-0.05, 0) is 54.4 Å². The van der Waals surface area contributed by atoms with Crippen molar-refractivity contribution in [2.24, 2.45) is 10.8 Å². The zero-order valence-electron chi connectivity index (χ0n) is 13.6. The third kappa shape index (κ3) is 2.66. The number of carbonyl (C=O) groups is 1. The number of carbonyl (C=O) groups excluding carboxylic acids is 1. The summed E-state index contributed by atoms with van der Waals surface area (Å²) >= 11 is 0. The minimum absolute atomic E-state index is 0.198. The molecule has 2 bridgehead atoms. The predicted octanol–water partition coefficient (Wildman–Crippen LogP) is 3.77. The fraction of sp³-hybridized carbons (Fsp3) is 0.611. The molecule has 1 N–H and O–H groups in total. The number of rotatable bonds is 2. The number of amides is 1. The smallest absolute Gasteiger partial charge is 0.254 e. The Morgan fingerprint density at radius 1 is 1.19 bits per heavy atom. The SMILES string of the molecule is CNc1ccc(C(=O)N2CC3(C)CC2CC(C)(C)C3)cc1. The molecule has 2 unspecified atom stereocenters. The average molecular weight is 286 g/mol. The van der Waals surface area contributed by atoms with E-state index in [9.17, 15) is 4.79 Å². The molecule has 1 heterocycles. The predicted molar refractivity (Wildman–Crippen MR) is 86.6 cm³/mol. The quantitative estimate of drug-likeness (QED) is 0.897. The summed E-state index contributed by atoms with van der Waals surface area (Å²) in [6.07, 6.45) is 3.51. The Kier molecular flexibility index (Phi) is 3.27. The molecule has 21 heavy (non-hydrogen) atoms. The first-order valence-electron chi connectivity index (χ1n) is 7.91. The normalized spacial score (nSPS) is 30.3. The Morgan fingerprint density at radius 2 is 1.86 bits per heavy atom. The Morgan fingerprint density at radius 3 is 2.48 bits per heavy atom. The van der Waals surface area contributed by atoms with Gasteiger partial charge in [-0.1, -0.05) is 20.8 Å². The van der Waals surface area contributed by atoms with Gasteiger partial charge in [0.1, 0.15) is 0 Å². The van der Waals surface area contributed by atoms with E-state index < -0.39 is 0 Å². The second-order valence-corrected chi connectivity index (χ2v) is 7.97. The summed E-state index contributed by atoms with van der Waals surface area (Å²) in [5.41, 5.74) is 2.50. The van der Waals surface area contributed by atoms with Gasteiger partial charge in [0, 0.05) is 30.9 Å². The van der Waals surface area contributed by atoms with Gasteiger partial charge in [-0.2, -0.15) is 0 Å². The van der Waals surface area contributed by atoms with Crippen LogP contribution in [-0.4, -0.2) is 30.4 Å². The molecule has 2 fully saturated rings. The molecule has 1 saturated carbocycles. The first-order chi connectivity index (χ1) is 9.82. The first-order valence-corrected chi connectivity index (χ1v) is 7.91. The van der Waals surface area contributed by atoms with Crippen LogP contribution in [-0.2, 0) is 0 Å². The lowest BCUT2D eigenvalue weighted by atomic mass is 9.65. The maximum Gasteiger partial charge on any atom is 0.254 e. The van der Waals surface area contributed by atoms with E-state index in [2.05, 4.69) is 31.0 Å². The van der Waals surface area contributed by atoms with Gasteiger partial charge in [0.25, 0.3) is 5.91 Å². The number of nitrogens with one attached hydrogen (secondary N) is 1. The van der Waals surface area contributed by atoms with Crippen molar-refractivity contribution in [2.75, 3.05) is 18.9 Å². The van der Waals surface area contributed by atoms with Gasteiger partial charge in [-0.25, -0.2) is 0 Å². The topological polar surface area (TPSA) is 32.3 Å². The molecule has 2 aliphatic rings. The highest BCUT2D eigenvalue weighted by atomic mass is 16.2. The van der Waals surface area contributed by atoms with Crippen LogP contribution in [0, 0.1) is 10.8 Å². The summed E-state index contributed by atoms with van der Waals surface area (Å²) in [6.45, 7) is 7.94. The van der Waals surface area contributed by atoms with Crippen LogP contribution in [0.15, 0.2) is 24.3 Å². The second-order valence-electron chi connectivity index (χ2n) is 7.97. The standard InChI is InChI=1S/C18H26N2O/c1-17(2)9-15-10-18(3,11-17)12-20(15)16(21)13-5-7-14(19-4)8-6-13/h5-8,15,19H,9-12H2,1-4H3. The van der Waals surface area contributed by atoms with E-state index >= 15 is 0 Å². The largest absolute Gasteiger partial charge is 0.388 e. The fourth-order valence-corrected chi connectivity index (χ4v) is 4.64. The molecule has 3 heteroatoms. The minimum Gasteiger partial charge on any atom is -0.388 e. The third-order valence-electron chi connectivity index (χ3n) is 5.10. The van der Waals surface area contributed by atoms with E-state index in [1.165, 1.54) is 6.42 Å². The maximum atomic E-state index is 12.8. The monoisotopic (exact) mass is 286 g/mol. The van der Waals surface area contributed by atoms with Crippen LogP contribution in [0.25, 0.3) is 0 Å². The molecule has 0 aromatic heterocycles. The molecule has 1 amide bonds. The Hall–Kier alpha value is -1.51. The van der Waals surface area contributed by atoms with Gasteiger partial charge >= 0.3 is 0 Å². The van der Waals surface area contributed by atoms with Crippen molar-refractivity contribution in [2.45, 2.75) is 46.1 Å². The summed E-state index contributed by atoms with van der Waals surface area (Å²) in [4.78, 5) is 15.0. The van der Waals surface area contributed by atoms with Crippen LogP contribution in [0.3, 0.4) is 0 Å². The average Bonchev–Trinajstić information content (AvgIpc) is 2.67. The molecule has 114 valence electrons. The lowest BCUT2D eigenvalue weighted by Gasteiger charge is -2.39. The molecular formula is C18H26N2O. The molecule has 1 aliphatic carbocycles. The molecule has 0 radical (unpaired) electrons. The van der Waals surface area contributed by atoms with Crippen LogP contribution >= 0.6 is 0 Å². The van der Waals surface area contributed by atoms with Gasteiger partial charge in [-0.3, -0.25) is 4.79 Å². The first kappa shape index (κ1) is 14.4. The van der Waals surface area contributed by atoms with Crippen molar-refractivity contribution in [3.63, 3.8) is 0 Å². The lowest BCUT2D eigenvalue weighted by molar-refractivity contribution is 0.0708. The highest BCUT2D eigenvalue weighted by Gasteiger charge is 2.50. The summed E-state index contributed by atoms with van der Waals surface area (Å²) in [5.74, 6) is 0.198. The Bertz CT molecular complexity index is 549. The van der Waals surface area contributed by atoms with Crippen LogP contribution in [0.4, 0.5) is 5.69 Å². The van der Waals surface area contributed by atoms with Gasteiger partial charge in [0.05, 0.1) is 0 Å². The summed E-state index contributed by atoms with van der Waals surface area (Å²) in [5, 5.41) is 3.09. The summed E-state index contributed by atoms with van der Waals surface area (Å²) in [7, 11) is 1.89. The van der Waals surface area contributed by atoms with Crippen molar-refractivity contribution in [1.29, 1.82) is 0 Å². The number of hydrogen-bond acceptors (Lipinski definition) is 2. The molecular weight excluding hydrogens is 260 g/mol. The molecule has 1 saturated heterocycles. The number of hydrogen-bond donors (Lipinski definition) is 1. The van der Waals surface area contributed by atoms with Crippen LogP contribution < -0.4 is 5.32 Å². The second kappa shape index (κ2) is 4.75. The van der Waals surface area contributed by atoms with Gasteiger partial charge in [-0.15, -0.1) is 0 Å². The zero-order valence-corrected chi connectivity index (χ0v) is 13.6. The van der Waals surface area contributed by atoms with E-state index in [1.54, 1.807) is 0 Å². The lowest BCUT2D eigenvalue weighted by Crippen LogP contribution is -2.37. The summed E-state index contributed by atoms with van der Waals surface area (Å²) in [6, 6.07) is 8.23. The molecule has 2 atom stereocenters. The minimum atomic E-state index is 0.198. The molecule has 3 rings (SSSR count). The van der Waals surface area contributed by atoms with Crippen molar-refractivity contribution in [1.82, 2.24) is 4.90 Å². The Balaban J connectivity index is 1.82. The summed E-state index contributed by atoms with van der Waals surface area (Å²) < 4.78 is 0. The number of likely N-dealkylation sites (tertiary alicyclic amines) is 1. The van der Waals surface area contributed by atoms with E-state index in [-0.39, 0.29) is 5.91 Å². The third-order valence-corrected chi connectivity index (χ3v) is 5.10. The van der Waals surface area contributed by atoms with Crippen molar-refractivity contribution < 1.29 is 4.79 Å². The van der Waals surface area contributed by atoms with Gasteiger partial charge < -0.3 is 10.2 Å². The van der Waals surface area contributed by atoms with Gasteiger partial charge in [0.2, 0.25) is 0 Å². The van der Waals surface area contributed by atoms with Crippen LogP contribution in [0.1, 0.15) is 50.4 Å². The number of fused-ring (bicyclic) bond motifs is 2. The van der Waals surface area contributed by atoms with Crippen molar-refractivity contribution >= 4 is 11.6 Å². The van der Waals surface area contributed by atoms with Crippen molar-refractivity contribution in [3.8, 4) is 0 Å². The molecule has 1 aliphatic heterocycles. The fourth-order valence-electron chi connectivity index (χ4n) is 4.64. The zero-order chi connectivity index (χ0) is 15.3. The molecule has 1 aromatic carbocycles. The number of anilines is 1. The van der Waals surface area contributed by atoms with E-state index in [1.807, 2.05) is 31.3 Å². The highest BCUT2D eigenvalue weighted by molar-refractivity contribution is 5.95. The van der Waals surface area contributed by atoms with Crippen LogP contribution in [0.2, 0.25) is 0 Å². The van der Waals surface area contributed by atoms with Crippen molar-refractivity contribution in [3.05, 3.63) is 29.8 Å².